The van der Waals surface area contributed by atoms with Crippen LogP contribution in [-0.4, -0.2) is 0 Å². The summed E-state index contributed by atoms with van der Waals surface area (Å²) in [5.41, 5.74) is 3.81. The highest BCUT2D eigenvalue weighted by Crippen LogP contribution is 2.21. The van der Waals surface area contributed by atoms with Gasteiger partial charge in [-0.3, -0.25) is 0 Å². The predicted octanol–water partition coefficient (Wildman–Crippen LogP) is 5.86. The summed E-state index contributed by atoms with van der Waals surface area (Å²) in [6.07, 6.45) is 3.67. The molecule has 0 aliphatic rings. The lowest BCUT2D eigenvalue weighted by atomic mass is 10.1. The molecule has 0 saturated carbocycles. The summed E-state index contributed by atoms with van der Waals surface area (Å²) in [4.78, 5) is 0. The maximum atomic E-state index is 5.92. The Kier molecular flexibility index (Phi) is 5.49. The minimum Gasteiger partial charge on any atom is -0.379 e. The lowest BCUT2D eigenvalue weighted by Crippen LogP contribution is -2.06. The van der Waals surface area contributed by atoms with Crippen molar-refractivity contribution in [2.24, 2.45) is 0 Å². The average Bonchev–Trinajstić information content (AvgIpc) is 2.47. The van der Waals surface area contributed by atoms with E-state index in [1.165, 1.54) is 30.4 Å². The molecule has 0 heterocycles. The molecular formula is C18H22ClN. The van der Waals surface area contributed by atoms with Crippen molar-refractivity contribution in [1.82, 2.24) is 0 Å². The normalized spacial score (nSPS) is 12.2. The van der Waals surface area contributed by atoms with E-state index in [0.29, 0.717) is 0 Å². The number of rotatable bonds is 6. The van der Waals surface area contributed by atoms with Crippen LogP contribution in [0.15, 0.2) is 48.5 Å². The second kappa shape index (κ2) is 7.35. The lowest BCUT2D eigenvalue weighted by molar-refractivity contribution is 0.795. The van der Waals surface area contributed by atoms with E-state index in [0.717, 1.165) is 10.7 Å². The minimum atomic E-state index is 0.272. The molecule has 0 aliphatic heterocycles. The smallest absolute Gasteiger partial charge is 0.0485 e. The summed E-state index contributed by atoms with van der Waals surface area (Å²) in [5, 5.41) is 4.30. The molecule has 0 aromatic heterocycles. The van der Waals surface area contributed by atoms with Gasteiger partial charge in [0.05, 0.1) is 0 Å². The molecule has 1 atom stereocenters. The Hall–Kier alpha value is -1.47. The maximum Gasteiger partial charge on any atom is 0.0485 e. The summed E-state index contributed by atoms with van der Waals surface area (Å²) in [7, 11) is 0. The van der Waals surface area contributed by atoms with Gasteiger partial charge in [0.15, 0.2) is 0 Å². The first kappa shape index (κ1) is 14.9. The predicted molar refractivity (Wildman–Crippen MR) is 88.5 cm³/mol. The number of nitrogens with one attached hydrogen (secondary N) is 1. The van der Waals surface area contributed by atoms with Crippen molar-refractivity contribution in [3.63, 3.8) is 0 Å². The summed E-state index contributed by atoms with van der Waals surface area (Å²) < 4.78 is 0. The molecule has 0 aliphatic carbocycles. The van der Waals surface area contributed by atoms with Crippen LogP contribution in [0.3, 0.4) is 0 Å². The molecule has 2 aromatic rings. The van der Waals surface area contributed by atoms with Gasteiger partial charge in [0.2, 0.25) is 0 Å². The van der Waals surface area contributed by atoms with Crippen molar-refractivity contribution in [1.29, 1.82) is 0 Å². The molecule has 0 bridgehead atoms. The number of halogens is 1. The molecule has 20 heavy (non-hydrogen) atoms. The fourth-order valence-electron chi connectivity index (χ4n) is 2.23. The van der Waals surface area contributed by atoms with Gasteiger partial charge in [-0.05, 0) is 55.2 Å². The van der Waals surface area contributed by atoms with E-state index in [4.69, 9.17) is 11.6 Å². The van der Waals surface area contributed by atoms with E-state index in [-0.39, 0.29) is 6.04 Å². The first-order valence-corrected chi connectivity index (χ1v) is 7.68. The summed E-state index contributed by atoms with van der Waals surface area (Å²) in [6, 6.07) is 17.0. The van der Waals surface area contributed by atoms with Gasteiger partial charge in [-0.2, -0.15) is 0 Å². The number of unbranched alkanes of at least 4 members (excludes halogenated alkanes) is 1. The molecule has 2 rings (SSSR count). The number of hydrogen-bond acceptors (Lipinski definition) is 1. The molecule has 0 fully saturated rings. The largest absolute Gasteiger partial charge is 0.379 e. The Balaban J connectivity index is 1.97. The van der Waals surface area contributed by atoms with Gasteiger partial charge in [0, 0.05) is 16.8 Å². The second-order valence-corrected chi connectivity index (χ2v) is 5.65. The minimum absolute atomic E-state index is 0.272. The van der Waals surface area contributed by atoms with Crippen LogP contribution in [0.25, 0.3) is 0 Å². The molecule has 2 aromatic carbocycles. The number of hydrogen-bond donors (Lipinski definition) is 1. The number of anilines is 1. The molecule has 1 unspecified atom stereocenters. The molecular weight excluding hydrogens is 266 g/mol. The van der Waals surface area contributed by atoms with Crippen LogP contribution in [0.4, 0.5) is 5.69 Å². The zero-order valence-corrected chi connectivity index (χ0v) is 13.0. The van der Waals surface area contributed by atoms with E-state index >= 15 is 0 Å². The first-order valence-electron chi connectivity index (χ1n) is 7.30. The third-order valence-corrected chi connectivity index (χ3v) is 3.78. The molecule has 0 radical (unpaired) electrons. The third kappa shape index (κ3) is 4.28. The van der Waals surface area contributed by atoms with Gasteiger partial charge < -0.3 is 5.32 Å². The van der Waals surface area contributed by atoms with Gasteiger partial charge in [-0.1, -0.05) is 49.2 Å². The highest BCUT2D eigenvalue weighted by molar-refractivity contribution is 6.30. The van der Waals surface area contributed by atoms with Gasteiger partial charge in [-0.15, -0.1) is 0 Å². The van der Waals surface area contributed by atoms with Crippen LogP contribution < -0.4 is 5.32 Å². The quantitative estimate of drug-likeness (QED) is 0.702. The number of aryl methyl sites for hydroxylation is 1. The van der Waals surface area contributed by atoms with Crippen molar-refractivity contribution in [2.75, 3.05) is 5.32 Å². The third-order valence-electron chi connectivity index (χ3n) is 3.53. The second-order valence-electron chi connectivity index (χ2n) is 5.22. The molecule has 2 heteroatoms. The van der Waals surface area contributed by atoms with Crippen molar-refractivity contribution >= 4 is 17.3 Å². The van der Waals surface area contributed by atoms with Crippen LogP contribution in [-0.2, 0) is 6.42 Å². The van der Waals surface area contributed by atoms with Crippen LogP contribution in [0, 0.1) is 0 Å². The van der Waals surface area contributed by atoms with Crippen LogP contribution in [0.1, 0.15) is 43.9 Å². The zero-order valence-electron chi connectivity index (χ0n) is 12.2. The van der Waals surface area contributed by atoms with Crippen molar-refractivity contribution in [3.8, 4) is 0 Å². The molecule has 1 N–H and O–H groups in total. The van der Waals surface area contributed by atoms with E-state index in [9.17, 15) is 0 Å². The van der Waals surface area contributed by atoms with E-state index in [2.05, 4.69) is 55.6 Å². The van der Waals surface area contributed by atoms with E-state index in [1.807, 2.05) is 12.1 Å². The van der Waals surface area contributed by atoms with E-state index in [1.54, 1.807) is 0 Å². The van der Waals surface area contributed by atoms with Gasteiger partial charge in [0.1, 0.15) is 0 Å². The Morgan fingerprint density at radius 1 is 1.00 bits per heavy atom. The van der Waals surface area contributed by atoms with Crippen molar-refractivity contribution in [2.45, 2.75) is 39.2 Å². The van der Waals surface area contributed by atoms with Crippen LogP contribution in [0.5, 0.6) is 0 Å². The van der Waals surface area contributed by atoms with Crippen LogP contribution in [0.2, 0.25) is 5.02 Å². The first-order chi connectivity index (χ1) is 9.69. The molecule has 0 saturated heterocycles. The summed E-state index contributed by atoms with van der Waals surface area (Å²) >= 11 is 5.92. The average molecular weight is 288 g/mol. The Morgan fingerprint density at radius 2 is 1.65 bits per heavy atom. The van der Waals surface area contributed by atoms with Gasteiger partial charge >= 0.3 is 0 Å². The van der Waals surface area contributed by atoms with Gasteiger partial charge in [-0.25, -0.2) is 0 Å². The van der Waals surface area contributed by atoms with Crippen molar-refractivity contribution < 1.29 is 0 Å². The highest BCUT2D eigenvalue weighted by atomic mass is 35.5. The summed E-state index contributed by atoms with van der Waals surface area (Å²) in [6.45, 7) is 4.39. The molecule has 0 amide bonds. The SMILES string of the molecule is CCCCc1ccc(NC(C)c2ccc(Cl)cc2)cc1. The molecule has 1 nitrogen and oxygen atoms in total. The Bertz CT molecular complexity index is 516. The molecule has 0 spiro atoms. The van der Waals surface area contributed by atoms with Crippen molar-refractivity contribution in [3.05, 3.63) is 64.7 Å². The van der Waals surface area contributed by atoms with Gasteiger partial charge in [0.25, 0.3) is 0 Å². The Morgan fingerprint density at radius 3 is 2.25 bits per heavy atom. The standard InChI is InChI=1S/C18H22ClN/c1-3-4-5-15-6-12-18(13-7-15)20-14(2)16-8-10-17(19)11-9-16/h6-14,20H,3-5H2,1-2H3. The van der Waals surface area contributed by atoms with E-state index < -0.39 is 0 Å². The number of benzene rings is 2. The Labute approximate surface area is 127 Å². The fourth-order valence-corrected chi connectivity index (χ4v) is 2.36. The molecule has 106 valence electrons. The summed E-state index contributed by atoms with van der Waals surface area (Å²) in [5.74, 6) is 0. The highest BCUT2D eigenvalue weighted by Gasteiger charge is 2.05. The monoisotopic (exact) mass is 287 g/mol. The maximum absolute atomic E-state index is 5.92. The zero-order chi connectivity index (χ0) is 14.4. The topological polar surface area (TPSA) is 12.0 Å². The van der Waals surface area contributed by atoms with Crippen LogP contribution >= 0.6 is 11.6 Å². The lowest BCUT2D eigenvalue weighted by Gasteiger charge is -2.16. The fraction of sp³-hybridized carbons (Fsp3) is 0.333.